The molecule has 1 amide bonds. The predicted molar refractivity (Wildman–Crippen MR) is 129 cm³/mol. The van der Waals surface area contributed by atoms with E-state index in [0.717, 1.165) is 6.42 Å². The number of hydrogen-bond acceptors (Lipinski definition) is 7. The Hall–Kier alpha value is -3.52. The molecule has 182 valence electrons. The SMILES string of the molecule is CCCOc1ccc([C@@H]2C(=C(O)c3ccc(OC)cc3)C(=O)C(=O)N2CCN(C)C)cc1OC. The fourth-order valence-corrected chi connectivity index (χ4v) is 3.85. The third-order valence-corrected chi connectivity index (χ3v) is 5.66. The molecular formula is C26H32N2O6. The van der Waals surface area contributed by atoms with Crippen LogP contribution in [0.4, 0.5) is 0 Å². The van der Waals surface area contributed by atoms with E-state index in [1.165, 1.54) is 12.0 Å². The molecule has 3 rings (SSSR count). The van der Waals surface area contributed by atoms with Gasteiger partial charge < -0.3 is 29.1 Å². The number of benzene rings is 2. The van der Waals surface area contributed by atoms with E-state index in [1.54, 1.807) is 49.6 Å². The average Bonchev–Trinajstić information content (AvgIpc) is 3.10. The maximum absolute atomic E-state index is 13.1. The first kappa shape index (κ1) is 25.1. The predicted octanol–water partition coefficient (Wildman–Crippen LogP) is 3.48. The number of carbonyl (C=O) groups is 2. The Kier molecular flexibility index (Phi) is 8.17. The van der Waals surface area contributed by atoms with Crippen LogP contribution in [0.2, 0.25) is 0 Å². The van der Waals surface area contributed by atoms with E-state index in [1.807, 2.05) is 25.9 Å². The summed E-state index contributed by atoms with van der Waals surface area (Å²) in [6.07, 6.45) is 0.845. The molecule has 0 aromatic heterocycles. The van der Waals surface area contributed by atoms with Crippen molar-refractivity contribution in [2.75, 3.05) is 48.0 Å². The number of ether oxygens (including phenoxy) is 3. The first-order chi connectivity index (χ1) is 16.3. The van der Waals surface area contributed by atoms with Crippen LogP contribution in [0, 0.1) is 0 Å². The summed E-state index contributed by atoms with van der Waals surface area (Å²) in [6.45, 7) is 3.42. The van der Waals surface area contributed by atoms with Gasteiger partial charge in [-0.15, -0.1) is 0 Å². The van der Waals surface area contributed by atoms with E-state index in [2.05, 4.69) is 0 Å². The highest BCUT2D eigenvalue weighted by atomic mass is 16.5. The largest absolute Gasteiger partial charge is 0.507 e. The number of nitrogens with zero attached hydrogens (tertiary/aromatic N) is 2. The zero-order valence-electron chi connectivity index (χ0n) is 20.3. The summed E-state index contributed by atoms with van der Waals surface area (Å²) >= 11 is 0. The van der Waals surface area contributed by atoms with Crippen LogP contribution in [0.25, 0.3) is 5.76 Å². The zero-order chi connectivity index (χ0) is 24.8. The summed E-state index contributed by atoms with van der Waals surface area (Å²) < 4.78 is 16.5. The van der Waals surface area contributed by atoms with Crippen LogP contribution >= 0.6 is 0 Å². The fourth-order valence-electron chi connectivity index (χ4n) is 3.85. The highest BCUT2D eigenvalue weighted by molar-refractivity contribution is 6.46. The fraction of sp³-hybridized carbons (Fsp3) is 0.385. The number of amides is 1. The molecule has 1 fully saturated rings. The van der Waals surface area contributed by atoms with Gasteiger partial charge in [0.05, 0.1) is 32.4 Å². The summed E-state index contributed by atoms with van der Waals surface area (Å²) in [6, 6.07) is 11.2. The van der Waals surface area contributed by atoms with Gasteiger partial charge in [0.2, 0.25) is 0 Å². The molecule has 8 heteroatoms. The van der Waals surface area contributed by atoms with E-state index in [0.29, 0.717) is 48.1 Å². The number of rotatable bonds is 10. The number of likely N-dealkylation sites (N-methyl/N-ethyl adjacent to an activating group) is 1. The lowest BCUT2D eigenvalue weighted by atomic mass is 9.95. The molecule has 0 saturated carbocycles. The molecule has 1 N–H and O–H groups in total. The van der Waals surface area contributed by atoms with Gasteiger partial charge in [0.1, 0.15) is 11.5 Å². The Morgan fingerprint density at radius 1 is 1.03 bits per heavy atom. The Morgan fingerprint density at radius 3 is 2.32 bits per heavy atom. The number of hydrogen-bond donors (Lipinski definition) is 1. The maximum Gasteiger partial charge on any atom is 0.295 e. The molecule has 1 heterocycles. The molecule has 8 nitrogen and oxygen atoms in total. The van der Waals surface area contributed by atoms with Crippen LogP contribution in [-0.2, 0) is 9.59 Å². The van der Waals surface area contributed by atoms with Gasteiger partial charge in [0, 0.05) is 18.7 Å². The monoisotopic (exact) mass is 468 g/mol. The second-order valence-corrected chi connectivity index (χ2v) is 8.28. The van der Waals surface area contributed by atoms with Crippen LogP contribution in [0.3, 0.4) is 0 Å². The van der Waals surface area contributed by atoms with Gasteiger partial charge >= 0.3 is 0 Å². The molecule has 1 saturated heterocycles. The summed E-state index contributed by atoms with van der Waals surface area (Å²) in [7, 11) is 6.88. The van der Waals surface area contributed by atoms with E-state index in [-0.39, 0.29) is 11.3 Å². The molecule has 0 spiro atoms. The normalized spacial score (nSPS) is 17.4. The quantitative estimate of drug-likeness (QED) is 0.324. The Morgan fingerprint density at radius 2 is 1.74 bits per heavy atom. The topological polar surface area (TPSA) is 88.5 Å². The molecule has 2 aromatic carbocycles. The summed E-state index contributed by atoms with van der Waals surface area (Å²) in [5, 5.41) is 11.2. The van der Waals surface area contributed by atoms with Crippen LogP contribution in [0.5, 0.6) is 17.2 Å². The van der Waals surface area contributed by atoms with Crippen molar-refractivity contribution in [1.82, 2.24) is 9.80 Å². The first-order valence-corrected chi connectivity index (χ1v) is 11.2. The first-order valence-electron chi connectivity index (χ1n) is 11.2. The van der Waals surface area contributed by atoms with Crippen molar-refractivity contribution in [1.29, 1.82) is 0 Å². The van der Waals surface area contributed by atoms with Gasteiger partial charge in [-0.2, -0.15) is 0 Å². The lowest BCUT2D eigenvalue weighted by Crippen LogP contribution is -2.35. The van der Waals surface area contributed by atoms with Gasteiger partial charge in [-0.1, -0.05) is 13.0 Å². The minimum Gasteiger partial charge on any atom is -0.507 e. The number of methoxy groups -OCH3 is 2. The van der Waals surface area contributed by atoms with Gasteiger partial charge in [-0.25, -0.2) is 0 Å². The molecule has 2 aromatic rings. The number of ketones is 1. The Balaban J connectivity index is 2.13. The van der Waals surface area contributed by atoms with Crippen molar-refractivity contribution in [3.63, 3.8) is 0 Å². The number of Topliss-reactive ketones (excluding diaryl/α,β-unsaturated/α-hetero) is 1. The van der Waals surface area contributed by atoms with E-state index >= 15 is 0 Å². The van der Waals surface area contributed by atoms with Crippen molar-refractivity contribution in [3.05, 3.63) is 59.2 Å². The van der Waals surface area contributed by atoms with Crippen molar-refractivity contribution in [3.8, 4) is 17.2 Å². The van der Waals surface area contributed by atoms with Crippen LogP contribution in [0.1, 0.15) is 30.5 Å². The molecule has 1 aliphatic rings. The second-order valence-electron chi connectivity index (χ2n) is 8.28. The van der Waals surface area contributed by atoms with Crippen LogP contribution in [-0.4, -0.2) is 74.6 Å². The van der Waals surface area contributed by atoms with Gasteiger partial charge in [0.15, 0.2) is 11.5 Å². The molecule has 0 bridgehead atoms. The number of aliphatic hydroxyl groups excluding tert-OH is 1. The van der Waals surface area contributed by atoms with E-state index in [9.17, 15) is 14.7 Å². The maximum atomic E-state index is 13.1. The zero-order valence-corrected chi connectivity index (χ0v) is 20.3. The highest BCUT2D eigenvalue weighted by Crippen LogP contribution is 2.42. The number of likely N-dealkylation sites (tertiary alicyclic amines) is 1. The highest BCUT2D eigenvalue weighted by Gasteiger charge is 2.46. The standard InChI is InChI=1S/C26H32N2O6/c1-6-15-34-20-12-9-18(16-21(20)33-5)23-22(24(29)17-7-10-19(32-4)11-8-17)25(30)26(31)28(23)14-13-27(2)3/h7-12,16,23,29H,6,13-15H2,1-5H3/t23-/m1/s1. The van der Waals surface area contributed by atoms with Gasteiger partial charge in [-0.3, -0.25) is 9.59 Å². The van der Waals surface area contributed by atoms with E-state index < -0.39 is 17.7 Å². The average molecular weight is 469 g/mol. The van der Waals surface area contributed by atoms with Crippen LogP contribution in [0.15, 0.2) is 48.0 Å². The summed E-state index contributed by atoms with van der Waals surface area (Å²) in [5.41, 5.74) is 1.11. The van der Waals surface area contributed by atoms with Crippen molar-refractivity contribution >= 4 is 17.4 Å². The molecule has 0 unspecified atom stereocenters. The minimum atomic E-state index is -0.767. The summed E-state index contributed by atoms with van der Waals surface area (Å²) in [4.78, 5) is 29.6. The molecule has 34 heavy (non-hydrogen) atoms. The van der Waals surface area contributed by atoms with Crippen molar-refractivity contribution in [2.45, 2.75) is 19.4 Å². The Labute approximate surface area is 200 Å². The van der Waals surface area contributed by atoms with Gasteiger partial charge in [-0.05, 0) is 62.5 Å². The molecule has 0 radical (unpaired) electrons. The smallest absolute Gasteiger partial charge is 0.295 e. The molecule has 1 atom stereocenters. The number of aliphatic hydroxyl groups is 1. The summed E-state index contributed by atoms with van der Waals surface area (Å²) in [5.74, 6) is 0.0900. The molecule has 0 aliphatic carbocycles. The third kappa shape index (κ3) is 5.17. The van der Waals surface area contributed by atoms with Crippen molar-refractivity contribution < 1.29 is 28.9 Å². The third-order valence-electron chi connectivity index (χ3n) is 5.66. The minimum absolute atomic E-state index is 0.0400. The van der Waals surface area contributed by atoms with Crippen molar-refractivity contribution in [2.24, 2.45) is 0 Å². The molecule has 1 aliphatic heterocycles. The Bertz CT molecular complexity index is 1060. The van der Waals surface area contributed by atoms with E-state index in [4.69, 9.17) is 14.2 Å². The second kappa shape index (κ2) is 11.1. The number of carbonyl (C=O) groups excluding carboxylic acids is 2. The molecular weight excluding hydrogens is 436 g/mol. The lowest BCUT2D eigenvalue weighted by Gasteiger charge is -2.27. The van der Waals surface area contributed by atoms with Crippen LogP contribution < -0.4 is 14.2 Å². The lowest BCUT2D eigenvalue weighted by molar-refractivity contribution is -0.140. The van der Waals surface area contributed by atoms with Gasteiger partial charge in [0.25, 0.3) is 11.7 Å².